The van der Waals surface area contributed by atoms with Gasteiger partial charge in [-0.25, -0.2) is 4.39 Å². The summed E-state index contributed by atoms with van der Waals surface area (Å²) >= 11 is 0. The maximum Gasteiger partial charge on any atom is 0.279 e. The minimum atomic E-state index is -0.900. The van der Waals surface area contributed by atoms with Crippen LogP contribution in [0.2, 0.25) is 0 Å². The fourth-order valence-corrected chi connectivity index (χ4v) is 4.67. The first-order chi connectivity index (χ1) is 14.8. The highest BCUT2D eigenvalue weighted by atomic mass is 19.1. The van der Waals surface area contributed by atoms with Crippen LogP contribution >= 0.6 is 0 Å². The second-order valence-corrected chi connectivity index (χ2v) is 8.94. The van der Waals surface area contributed by atoms with Crippen LogP contribution < -0.4 is 5.32 Å². The van der Waals surface area contributed by atoms with Gasteiger partial charge in [-0.2, -0.15) is 4.39 Å². The van der Waals surface area contributed by atoms with Gasteiger partial charge in [0.1, 0.15) is 11.9 Å². The van der Waals surface area contributed by atoms with Crippen molar-refractivity contribution in [1.82, 2.24) is 15.4 Å². The molecule has 2 amide bonds. The van der Waals surface area contributed by atoms with Crippen molar-refractivity contribution in [2.24, 2.45) is 11.8 Å². The molecule has 1 N–H and O–H groups in total. The maximum absolute atomic E-state index is 15.1. The second kappa shape index (κ2) is 8.77. The Kier molecular flexibility index (Phi) is 6.07. The van der Waals surface area contributed by atoms with Crippen LogP contribution in [0.4, 0.5) is 8.78 Å². The Hall–Kier alpha value is -2.77. The largest absolute Gasteiger partial charge is 0.352 e. The first-order valence-corrected chi connectivity index (χ1v) is 10.9. The standard InChI is InChI=1S/C23H27F2N3O3/c1-13(2)11-18-22(29)26-17(14-5-3-4-6-14)12-28(18)23(30)20-19(25)21(31-27-20)15-7-9-16(24)10-8-15/h7-10,13-14,17-18H,3-6,11-12H2,1-2H3,(H,26,29)/t17-,18+/m1/s1. The molecule has 1 saturated carbocycles. The third-order valence-corrected chi connectivity index (χ3v) is 6.27. The lowest BCUT2D eigenvalue weighted by Crippen LogP contribution is -2.63. The minimum absolute atomic E-state index is 0.145. The predicted molar refractivity (Wildman–Crippen MR) is 110 cm³/mol. The topological polar surface area (TPSA) is 75.4 Å². The van der Waals surface area contributed by atoms with Crippen molar-refractivity contribution >= 4 is 11.8 Å². The Bertz CT molecular complexity index is 951. The summed E-state index contributed by atoms with van der Waals surface area (Å²) in [6.07, 6.45) is 4.71. The molecular weight excluding hydrogens is 404 g/mol. The fourth-order valence-electron chi connectivity index (χ4n) is 4.67. The number of rotatable bonds is 5. The molecule has 1 saturated heterocycles. The van der Waals surface area contributed by atoms with Crippen LogP contribution in [-0.4, -0.2) is 40.5 Å². The molecule has 2 atom stereocenters. The Morgan fingerprint density at radius 3 is 2.55 bits per heavy atom. The van der Waals surface area contributed by atoms with Gasteiger partial charge in [0.2, 0.25) is 23.2 Å². The molecule has 1 aliphatic carbocycles. The van der Waals surface area contributed by atoms with Gasteiger partial charge in [0.15, 0.2) is 0 Å². The van der Waals surface area contributed by atoms with Gasteiger partial charge in [0, 0.05) is 18.2 Å². The Balaban J connectivity index is 1.63. The normalized spacial score (nSPS) is 22.2. The summed E-state index contributed by atoms with van der Waals surface area (Å²) in [5.41, 5.74) is -0.169. The minimum Gasteiger partial charge on any atom is -0.352 e. The predicted octanol–water partition coefficient (Wildman–Crippen LogP) is 4.17. The monoisotopic (exact) mass is 431 g/mol. The number of hydrogen-bond donors (Lipinski definition) is 1. The smallest absolute Gasteiger partial charge is 0.279 e. The van der Waals surface area contributed by atoms with E-state index >= 15 is 4.39 Å². The van der Waals surface area contributed by atoms with Gasteiger partial charge in [-0.05, 0) is 55.4 Å². The maximum atomic E-state index is 15.1. The molecule has 4 rings (SSSR count). The van der Waals surface area contributed by atoms with Gasteiger partial charge >= 0.3 is 0 Å². The zero-order valence-electron chi connectivity index (χ0n) is 17.7. The Labute approximate surface area is 180 Å². The molecule has 1 aromatic heterocycles. The number of hydrogen-bond acceptors (Lipinski definition) is 4. The molecule has 2 aromatic rings. The van der Waals surface area contributed by atoms with Crippen molar-refractivity contribution in [2.75, 3.05) is 6.54 Å². The molecule has 1 aliphatic heterocycles. The summed E-state index contributed by atoms with van der Waals surface area (Å²) in [6, 6.07) is 4.25. The zero-order chi connectivity index (χ0) is 22.1. The molecule has 0 spiro atoms. The highest BCUT2D eigenvalue weighted by Crippen LogP contribution is 2.32. The number of amides is 2. The summed E-state index contributed by atoms with van der Waals surface area (Å²) in [7, 11) is 0. The summed E-state index contributed by atoms with van der Waals surface area (Å²) < 4.78 is 33.4. The van der Waals surface area contributed by atoms with Gasteiger partial charge in [-0.15, -0.1) is 0 Å². The number of halogens is 2. The SMILES string of the molecule is CC(C)C[C@H]1C(=O)N[C@@H](C2CCCC2)CN1C(=O)c1noc(-c2ccc(F)cc2)c1F. The number of nitrogens with zero attached hydrogens (tertiary/aromatic N) is 2. The summed E-state index contributed by atoms with van der Waals surface area (Å²) in [5.74, 6) is -1.96. The van der Waals surface area contributed by atoms with E-state index in [1.807, 2.05) is 13.8 Å². The molecule has 8 heteroatoms. The van der Waals surface area contributed by atoms with Crippen LogP contribution in [-0.2, 0) is 4.79 Å². The van der Waals surface area contributed by atoms with Gasteiger partial charge in [-0.1, -0.05) is 31.8 Å². The lowest BCUT2D eigenvalue weighted by atomic mass is 9.91. The lowest BCUT2D eigenvalue weighted by molar-refractivity contribution is -0.130. The van der Waals surface area contributed by atoms with Gasteiger partial charge in [0.05, 0.1) is 0 Å². The number of nitrogens with one attached hydrogen (secondary N) is 1. The van der Waals surface area contributed by atoms with E-state index in [4.69, 9.17) is 4.52 Å². The molecule has 2 fully saturated rings. The third-order valence-electron chi connectivity index (χ3n) is 6.27. The number of piperazine rings is 1. The molecule has 2 aliphatic rings. The number of benzene rings is 1. The van der Waals surface area contributed by atoms with Crippen LogP contribution in [0, 0.1) is 23.5 Å². The highest BCUT2D eigenvalue weighted by molar-refractivity contribution is 5.97. The lowest BCUT2D eigenvalue weighted by Gasteiger charge is -2.41. The van der Waals surface area contributed by atoms with Gasteiger partial charge in [0.25, 0.3) is 5.91 Å². The van der Waals surface area contributed by atoms with E-state index in [0.29, 0.717) is 18.9 Å². The molecule has 1 aromatic carbocycles. The van der Waals surface area contributed by atoms with Crippen LogP contribution in [0.3, 0.4) is 0 Å². The molecule has 2 heterocycles. The van der Waals surface area contributed by atoms with Crippen LogP contribution in [0.25, 0.3) is 11.3 Å². The molecule has 0 radical (unpaired) electrons. The van der Waals surface area contributed by atoms with Crippen LogP contribution in [0.5, 0.6) is 0 Å². The Morgan fingerprint density at radius 1 is 1.23 bits per heavy atom. The molecule has 166 valence electrons. The number of carbonyl (C=O) groups is 2. The van der Waals surface area contributed by atoms with Gasteiger partial charge < -0.3 is 14.7 Å². The molecule has 0 bridgehead atoms. The van der Waals surface area contributed by atoms with Crippen molar-refractivity contribution in [1.29, 1.82) is 0 Å². The zero-order valence-corrected chi connectivity index (χ0v) is 17.7. The summed E-state index contributed by atoms with van der Waals surface area (Å²) in [5, 5.41) is 6.78. The summed E-state index contributed by atoms with van der Waals surface area (Å²) in [6.45, 7) is 4.27. The first-order valence-electron chi connectivity index (χ1n) is 10.9. The van der Waals surface area contributed by atoms with Crippen molar-refractivity contribution < 1.29 is 22.9 Å². The van der Waals surface area contributed by atoms with Crippen molar-refractivity contribution in [3.05, 3.63) is 41.6 Å². The van der Waals surface area contributed by atoms with Crippen LogP contribution in [0.1, 0.15) is 56.4 Å². The van der Waals surface area contributed by atoms with E-state index in [1.165, 1.54) is 29.2 Å². The van der Waals surface area contributed by atoms with Crippen molar-refractivity contribution in [2.45, 2.75) is 58.0 Å². The average Bonchev–Trinajstić information content (AvgIpc) is 3.39. The van der Waals surface area contributed by atoms with E-state index in [9.17, 15) is 14.0 Å². The quantitative estimate of drug-likeness (QED) is 0.771. The molecule has 31 heavy (non-hydrogen) atoms. The fraction of sp³-hybridized carbons (Fsp3) is 0.522. The van der Waals surface area contributed by atoms with Crippen molar-refractivity contribution in [3.63, 3.8) is 0 Å². The van der Waals surface area contributed by atoms with Crippen LogP contribution in [0.15, 0.2) is 28.8 Å². The highest BCUT2D eigenvalue weighted by Gasteiger charge is 2.42. The average molecular weight is 431 g/mol. The molecule has 0 unspecified atom stereocenters. The number of aromatic nitrogens is 1. The van der Waals surface area contributed by atoms with Crippen molar-refractivity contribution in [3.8, 4) is 11.3 Å². The van der Waals surface area contributed by atoms with E-state index in [0.717, 1.165) is 25.7 Å². The Morgan fingerprint density at radius 2 is 1.90 bits per heavy atom. The molecule has 6 nitrogen and oxygen atoms in total. The van der Waals surface area contributed by atoms with E-state index < -0.39 is 29.3 Å². The number of carbonyl (C=O) groups excluding carboxylic acids is 2. The van der Waals surface area contributed by atoms with E-state index in [1.54, 1.807) is 0 Å². The van der Waals surface area contributed by atoms with Gasteiger partial charge in [-0.3, -0.25) is 9.59 Å². The van der Waals surface area contributed by atoms with E-state index in [2.05, 4.69) is 10.5 Å². The molecular formula is C23H27F2N3O3. The summed E-state index contributed by atoms with van der Waals surface area (Å²) in [4.78, 5) is 27.7. The first kappa shape index (κ1) is 21.5. The van der Waals surface area contributed by atoms with E-state index in [-0.39, 0.29) is 29.2 Å². The second-order valence-electron chi connectivity index (χ2n) is 8.94. The third kappa shape index (κ3) is 4.34.